The maximum absolute atomic E-state index is 10.3. The average Bonchev–Trinajstić information content (AvgIpc) is 1.93. The van der Waals surface area contributed by atoms with Crippen molar-refractivity contribution in [2.24, 2.45) is 5.22 Å². The summed E-state index contributed by atoms with van der Waals surface area (Å²) in [6, 6.07) is 0. The Hall–Kier alpha value is -1.15. The van der Waals surface area contributed by atoms with Gasteiger partial charge in [-0.05, 0) is 0 Å². The molecule has 0 fully saturated rings. The topological polar surface area (TPSA) is 185 Å². The minimum Gasteiger partial charge on any atom is -0.272 e. The molecule has 0 bridgehead atoms. The Bertz CT molecular complexity index is 425. The highest BCUT2D eigenvalue weighted by Gasteiger charge is 2.26. The molecule has 14 heavy (non-hydrogen) atoms. The van der Waals surface area contributed by atoms with E-state index in [1.54, 1.807) is 0 Å². The second-order valence-corrected chi connectivity index (χ2v) is 3.99. The number of nitrogens with zero attached hydrogens (tertiary/aromatic N) is 4. The molecule has 0 saturated heterocycles. The first-order valence-corrected chi connectivity index (χ1v) is 5.33. The number of rotatable bonds is 5. The summed E-state index contributed by atoms with van der Waals surface area (Å²) in [5, 5.41) is 2.40. The van der Waals surface area contributed by atoms with E-state index in [4.69, 9.17) is 14.6 Å². The van der Waals surface area contributed by atoms with Crippen LogP contribution in [-0.4, -0.2) is 30.5 Å². The molecule has 0 radical (unpaired) electrons. The van der Waals surface area contributed by atoms with Gasteiger partial charge in [0.2, 0.25) is 0 Å². The highest BCUT2D eigenvalue weighted by atomic mass is 32.2. The molecule has 14 heteroatoms. The van der Waals surface area contributed by atoms with Crippen molar-refractivity contribution in [3.05, 3.63) is 10.4 Å². The molecule has 0 aliphatic heterocycles. The van der Waals surface area contributed by atoms with E-state index < -0.39 is 25.1 Å². The van der Waals surface area contributed by atoms with E-state index in [2.05, 4.69) is 5.22 Å². The molecule has 0 aromatic heterocycles. The minimum absolute atomic E-state index is 0.623. The van der Waals surface area contributed by atoms with Crippen LogP contribution in [-0.2, 0) is 20.6 Å². The first-order valence-electron chi connectivity index (χ1n) is 2.49. The molecule has 0 rings (SSSR count). The van der Waals surface area contributed by atoms with E-state index in [-0.39, 0.29) is 0 Å². The molecular formula is H4N6O6S2. The number of hydrazine groups is 2. The predicted octanol–water partition coefficient (Wildman–Crippen LogP) is -1.87. The quantitative estimate of drug-likeness (QED) is 0.144. The van der Waals surface area contributed by atoms with Crippen LogP contribution in [0.1, 0.15) is 0 Å². The molecule has 0 spiro atoms. The standard InChI is InChI=1S/H4N6O6S2/c1-2-3-4-6(14(10,11)12)5-13(7,8)9/h4-5H,(H,7,8,9)(H,10,11,12). The lowest BCUT2D eigenvalue weighted by Crippen LogP contribution is -2.51. The predicted molar refractivity (Wildman–Crippen MR) is 40.4 cm³/mol. The summed E-state index contributed by atoms with van der Waals surface area (Å²) < 4.78 is 56.6. The number of hydrogen-bond acceptors (Lipinski definition) is 5. The second kappa shape index (κ2) is 4.38. The van der Waals surface area contributed by atoms with E-state index in [0.29, 0.717) is 0 Å². The van der Waals surface area contributed by atoms with Gasteiger partial charge in [-0.3, -0.25) is 9.11 Å². The zero-order chi connectivity index (χ0) is 11.4. The molecule has 0 heterocycles. The van der Waals surface area contributed by atoms with Crippen molar-refractivity contribution in [3.63, 3.8) is 0 Å². The Kier molecular flexibility index (Phi) is 4.02. The van der Waals surface area contributed by atoms with E-state index in [9.17, 15) is 16.8 Å². The van der Waals surface area contributed by atoms with Crippen LogP contribution in [0.15, 0.2) is 5.22 Å². The number of azide groups is 1. The lowest BCUT2D eigenvalue weighted by Gasteiger charge is -2.10. The molecule has 0 saturated carbocycles. The Morgan fingerprint density at radius 2 is 1.79 bits per heavy atom. The van der Waals surface area contributed by atoms with Gasteiger partial charge in [0.25, 0.3) is 0 Å². The van der Waals surface area contributed by atoms with Crippen molar-refractivity contribution in [1.82, 2.24) is 14.9 Å². The molecule has 82 valence electrons. The lowest BCUT2D eigenvalue weighted by atomic mass is 12.3. The molecule has 4 N–H and O–H groups in total. The van der Waals surface area contributed by atoms with Gasteiger partial charge in [-0.25, -0.2) is 0 Å². The van der Waals surface area contributed by atoms with Gasteiger partial charge < -0.3 is 0 Å². The highest BCUT2D eigenvalue weighted by molar-refractivity contribution is 7.86. The van der Waals surface area contributed by atoms with Crippen LogP contribution in [0.5, 0.6) is 0 Å². The molecular weight excluding hydrogens is 244 g/mol. The monoisotopic (exact) mass is 248 g/mol. The third-order valence-electron chi connectivity index (χ3n) is 0.609. The molecule has 0 aliphatic carbocycles. The van der Waals surface area contributed by atoms with Crippen molar-refractivity contribution < 1.29 is 25.9 Å². The van der Waals surface area contributed by atoms with Gasteiger partial charge in [-0.1, -0.05) is 4.83 Å². The zero-order valence-electron chi connectivity index (χ0n) is 6.13. The van der Waals surface area contributed by atoms with Crippen LogP contribution in [0.4, 0.5) is 0 Å². The minimum atomic E-state index is -5.06. The largest absolute Gasteiger partial charge is 0.385 e. The average molecular weight is 248 g/mol. The first kappa shape index (κ1) is 12.8. The maximum atomic E-state index is 10.3. The fourth-order valence-electron chi connectivity index (χ4n) is 0.284. The van der Waals surface area contributed by atoms with E-state index in [1.807, 2.05) is 4.91 Å². The van der Waals surface area contributed by atoms with Crippen molar-refractivity contribution in [3.8, 4) is 0 Å². The van der Waals surface area contributed by atoms with Gasteiger partial charge in [0.05, 0.1) is 4.52 Å². The molecule has 0 amide bonds. The third-order valence-corrected chi connectivity index (χ3v) is 1.77. The summed E-state index contributed by atoms with van der Waals surface area (Å²) in [7, 11) is -10.0. The fraction of sp³-hybridized carbons (Fsp3) is 0. The molecule has 12 nitrogen and oxygen atoms in total. The smallest absolute Gasteiger partial charge is 0.272 e. The van der Waals surface area contributed by atoms with Crippen LogP contribution >= 0.6 is 0 Å². The van der Waals surface area contributed by atoms with Crippen molar-refractivity contribution in [2.45, 2.75) is 0 Å². The summed E-state index contributed by atoms with van der Waals surface area (Å²) in [5.74, 6) is 0. The van der Waals surface area contributed by atoms with Crippen LogP contribution < -0.4 is 10.4 Å². The summed E-state index contributed by atoms with van der Waals surface area (Å²) in [6.45, 7) is 0. The molecule has 0 aromatic rings. The molecule has 0 aromatic carbocycles. The lowest BCUT2D eigenvalue weighted by molar-refractivity contribution is 0.247. The Balaban J connectivity index is 4.85. The first-order chi connectivity index (χ1) is 6.17. The number of hydrogen-bond donors (Lipinski definition) is 4. The van der Waals surface area contributed by atoms with Gasteiger partial charge in [-0.15, -0.1) is 11.1 Å². The van der Waals surface area contributed by atoms with E-state index in [0.717, 1.165) is 4.83 Å². The van der Waals surface area contributed by atoms with Crippen molar-refractivity contribution in [2.75, 3.05) is 0 Å². The van der Waals surface area contributed by atoms with Crippen molar-refractivity contribution >= 4 is 20.6 Å². The summed E-state index contributed by atoms with van der Waals surface area (Å²) in [4.78, 5) is 2.88. The van der Waals surface area contributed by atoms with Crippen LogP contribution in [0.3, 0.4) is 0 Å². The van der Waals surface area contributed by atoms with Crippen LogP contribution in [0, 0.1) is 0 Å². The van der Waals surface area contributed by atoms with Gasteiger partial charge >= 0.3 is 20.6 Å². The van der Waals surface area contributed by atoms with Gasteiger partial charge in [0.15, 0.2) is 0 Å². The Morgan fingerprint density at radius 1 is 1.29 bits per heavy atom. The summed E-state index contributed by atoms with van der Waals surface area (Å²) in [6.07, 6.45) is 0. The van der Waals surface area contributed by atoms with E-state index >= 15 is 0 Å². The normalized spacial score (nSPS) is 12.2. The summed E-state index contributed by atoms with van der Waals surface area (Å²) in [5.41, 5.74) is 8.95. The fourth-order valence-corrected chi connectivity index (χ4v) is 1.33. The Labute approximate surface area is 77.8 Å². The molecule has 0 atom stereocenters. The van der Waals surface area contributed by atoms with Gasteiger partial charge in [0.1, 0.15) is 0 Å². The molecule has 0 unspecified atom stereocenters. The SMILES string of the molecule is [N-]=[N+]=NNN(NS(=O)(=O)O)S(=O)(=O)O. The third kappa shape index (κ3) is 5.49. The summed E-state index contributed by atoms with van der Waals surface area (Å²) >= 11 is 0. The van der Waals surface area contributed by atoms with Gasteiger partial charge in [-0.2, -0.15) is 21.7 Å². The second-order valence-electron chi connectivity index (χ2n) is 1.60. The van der Waals surface area contributed by atoms with E-state index in [1.165, 1.54) is 5.53 Å². The number of nitrogens with one attached hydrogen (secondary N) is 2. The van der Waals surface area contributed by atoms with Crippen LogP contribution in [0.25, 0.3) is 10.4 Å². The van der Waals surface area contributed by atoms with Crippen LogP contribution in [0.2, 0.25) is 0 Å². The zero-order valence-corrected chi connectivity index (χ0v) is 7.77. The van der Waals surface area contributed by atoms with Crippen molar-refractivity contribution in [1.29, 1.82) is 0 Å². The molecule has 0 aliphatic rings. The highest BCUT2D eigenvalue weighted by Crippen LogP contribution is 1.89. The van der Waals surface area contributed by atoms with Gasteiger partial charge in [0, 0.05) is 5.22 Å². The maximum Gasteiger partial charge on any atom is 0.385 e. The Morgan fingerprint density at radius 3 is 2.07 bits per heavy atom.